The second-order valence-electron chi connectivity index (χ2n) is 8.70. The molecule has 0 aromatic carbocycles. The summed E-state index contributed by atoms with van der Waals surface area (Å²) in [6.45, 7) is 11.3. The van der Waals surface area contributed by atoms with E-state index in [-0.39, 0.29) is 11.0 Å². The molecule has 1 N–H and O–H groups in total. The Morgan fingerprint density at radius 2 is 1.79 bits per heavy atom. The monoisotopic (exact) mass is 262 g/mol. The molecule has 4 aliphatic rings. The maximum absolute atomic E-state index is 10.8. The van der Waals surface area contributed by atoms with Crippen molar-refractivity contribution in [1.82, 2.24) is 0 Å². The van der Waals surface area contributed by atoms with Gasteiger partial charge in [-0.15, -0.1) is 0 Å². The molecule has 0 heterocycles. The van der Waals surface area contributed by atoms with E-state index in [1.807, 2.05) is 0 Å². The molecule has 0 amide bonds. The van der Waals surface area contributed by atoms with E-state index in [1.54, 1.807) is 0 Å². The summed E-state index contributed by atoms with van der Waals surface area (Å²) in [5.41, 5.74) is 1.75. The summed E-state index contributed by atoms with van der Waals surface area (Å²) < 4.78 is 0. The molecule has 0 saturated heterocycles. The van der Waals surface area contributed by atoms with E-state index in [4.69, 9.17) is 0 Å². The molecule has 0 spiro atoms. The van der Waals surface area contributed by atoms with Crippen LogP contribution in [0.3, 0.4) is 0 Å². The Kier molecular flexibility index (Phi) is 2.95. The molecular weight excluding hydrogens is 232 g/mol. The molecule has 1 heteroatoms. The fourth-order valence-corrected chi connectivity index (χ4v) is 5.55. The van der Waals surface area contributed by atoms with Gasteiger partial charge >= 0.3 is 0 Å². The van der Waals surface area contributed by atoms with E-state index in [1.165, 1.54) is 31.3 Å². The molecule has 0 radical (unpaired) electrons. The third-order valence-electron chi connectivity index (χ3n) is 6.58. The van der Waals surface area contributed by atoms with E-state index in [2.05, 4.69) is 27.4 Å². The van der Waals surface area contributed by atoms with Crippen LogP contribution in [0.2, 0.25) is 0 Å². The van der Waals surface area contributed by atoms with Crippen molar-refractivity contribution in [1.29, 1.82) is 0 Å². The van der Waals surface area contributed by atoms with Gasteiger partial charge in [0, 0.05) is 0 Å². The Labute approximate surface area is 118 Å². The van der Waals surface area contributed by atoms with Crippen molar-refractivity contribution >= 4 is 0 Å². The van der Waals surface area contributed by atoms with Gasteiger partial charge in [-0.2, -0.15) is 0 Å². The minimum atomic E-state index is -0.319. The Morgan fingerprint density at radius 3 is 2.26 bits per heavy atom. The highest BCUT2D eigenvalue weighted by molar-refractivity contribution is 5.16. The van der Waals surface area contributed by atoms with Gasteiger partial charge in [-0.3, -0.25) is 0 Å². The second-order valence-corrected chi connectivity index (χ2v) is 8.70. The van der Waals surface area contributed by atoms with Gasteiger partial charge in [-0.1, -0.05) is 32.9 Å². The van der Waals surface area contributed by atoms with Gasteiger partial charge in [0.2, 0.25) is 0 Å². The Bertz CT molecular complexity index is 378. The molecule has 2 unspecified atom stereocenters. The molecular formula is C18H30O. The molecule has 2 atom stereocenters. The standard InChI is InChI=1S/C18H30O/c1-5-16(3,4)13(2)7-17-8-14-6-15(9-17)11-18(19,10-14)12-17/h14-15,19H,2,5-12H2,1,3-4H3. The van der Waals surface area contributed by atoms with Crippen molar-refractivity contribution in [3.8, 4) is 0 Å². The van der Waals surface area contributed by atoms with Crippen LogP contribution in [-0.2, 0) is 0 Å². The molecule has 0 aromatic heterocycles. The lowest BCUT2D eigenvalue weighted by molar-refractivity contribution is -0.163. The van der Waals surface area contributed by atoms with E-state index in [0.29, 0.717) is 5.41 Å². The molecule has 0 aromatic rings. The van der Waals surface area contributed by atoms with Gasteiger partial charge < -0.3 is 5.11 Å². The summed E-state index contributed by atoms with van der Waals surface area (Å²) in [5.74, 6) is 1.59. The maximum atomic E-state index is 10.8. The summed E-state index contributed by atoms with van der Waals surface area (Å²) in [4.78, 5) is 0. The molecule has 19 heavy (non-hydrogen) atoms. The first-order chi connectivity index (χ1) is 8.76. The van der Waals surface area contributed by atoms with Crippen LogP contribution >= 0.6 is 0 Å². The van der Waals surface area contributed by atoms with Crippen molar-refractivity contribution < 1.29 is 5.11 Å². The smallest absolute Gasteiger partial charge is 0.0658 e. The minimum absolute atomic E-state index is 0.256. The van der Waals surface area contributed by atoms with Crippen LogP contribution in [0.4, 0.5) is 0 Å². The molecule has 1 nitrogen and oxygen atoms in total. The number of allylic oxidation sites excluding steroid dienone is 1. The average Bonchev–Trinajstić information content (AvgIpc) is 2.24. The maximum Gasteiger partial charge on any atom is 0.0658 e. The lowest BCUT2D eigenvalue weighted by Crippen LogP contribution is -2.55. The molecule has 4 aliphatic carbocycles. The highest BCUT2D eigenvalue weighted by atomic mass is 16.3. The van der Waals surface area contributed by atoms with Gasteiger partial charge in [0.1, 0.15) is 0 Å². The normalized spacial score (nSPS) is 44.6. The van der Waals surface area contributed by atoms with Crippen LogP contribution in [0.25, 0.3) is 0 Å². The Balaban J connectivity index is 1.79. The van der Waals surface area contributed by atoms with Crippen molar-refractivity contribution in [3.05, 3.63) is 12.2 Å². The van der Waals surface area contributed by atoms with E-state index >= 15 is 0 Å². The first-order valence-electron chi connectivity index (χ1n) is 8.17. The highest BCUT2D eigenvalue weighted by Gasteiger charge is 2.57. The van der Waals surface area contributed by atoms with Gasteiger partial charge in [-0.05, 0) is 74.0 Å². The van der Waals surface area contributed by atoms with E-state index in [9.17, 15) is 5.11 Å². The fourth-order valence-electron chi connectivity index (χ4n) is 5.55. The lowest BCUT2D eigenvalue weighted by atomic mass is 9.46. The largest absolute Gasteiger partial charge is 0.390 e. The summed E-state index contributed by atoms with van der Waals surface area (Å²) >= 11 is 0. The van der Waals surface area contributed by atoms with E-state index in [0.717, 1.165) is 37.5 Å². The lowest BCUT2D eigenvalue weighted by Gasteiger charge is -2.61. The van der Waals surface area contributed by atoms with Crippen molar-refractivity contribution in [3.63, 3.8) is 0 Å². The molecule has 108 valence electrons. The number of hydrogen-bond acceptors (Lipinski definition) is 1. The Morgan fingerprint density at radius 1 is 1.21 bits per heavy atom. The van der Waals surface area contributed by atoms with Crippen LogP contribution < -0.4 is 0 Å². The van der Waals surface area contributed by atoms with Crippen LogP contribution in [-0.4, -0.2) is 10.7 Å². The van der Waals surface area contributed by atoms with Crippen molar-refractivity contribution in [2.75, 3.05) is 0 Å². The molecule has 0 aliphatic heterocycles. The summed E-state index contributed by atoms with van der Waals surface area (Å²) in [5, 5.41) is 10.8. The van der Waals surface area contributed by atoms with Gasteiger partial charge in [0.25, 0.3) is 0 Å². The van der Waals surface area contributed by atoms with Crippen LogP contribution in [0.5, 0.6) is 0 Å². The molecule has 4 rings (SSSR count). The third kappa shape index (κ3) is 2.28. The molecule has 4 bridgehead atoms. The van der Waals surface area contributed by atoms with Gasteiger partial charge in [0.15, 0.2) is 0 Å². The fraction of sp³-hybridized carbons (Fsp3) is 0.889. The first kappa shape index (κ1) is 13.7. The highest BCUT2D eigenvalue weighted by Crippen LogP contribution is 2.64. The topological polar surface area (TPSA) is 20.2 Å². The van der Waals surface area contributed by atoms with Crippen molar-refractivity contribution in [2.24, 2.45) is 22.7 Å². The summed E-state index contributed by atoms with van der Waals surface area (Å²) in [6.07, 6.45) is 9.61. The summed E-state index contributed by atoms with van der Waals surface area (Å²) in [6, 6.07) is 0. The zero-order valence-electron chi connectivity index (χ0n) is 13.0. The zero-order chi connectivity index (χ0) is 13.9. The zero-order valence-corrected chi connectivity index (χ0v) is 13.0. The molecule has 4 fully saturated rings. The van der Waals surface area contributed by atoms with Crippen LogP contribution in [0.1, 0.15) is 72.1 Å². The van der Waals surface area contributed by atoms with E-state index < -0.39 is 0 Å². The quantitative estimate of drug-likeness (QED) is 0.728. The summed E-state index contributed by atoms with van der Waals surface area (Å²) in [7, 11) is 0. The second kappa shape index (κ2) is 4.10. The minimum Gasteiger partial charge on any atom is -0.390 e. The van der Waals surface area contributed by atoms with Crippen molar-refractivity contribution in [2.45, 2.75) is 77.7 Å². The van der Waals surface area contributed by atoms with Gasteiger partial charge in [0.05, 0.1) is 5.60 Å². The third-order valence-corrected chi connectivity index (χ3v) is 6.58. The number of hydrogen-bond donors (Lipinski definition) is 1. The van der Waals surface area contributed by atoms with Crippen LogP contribution in [0, 0.1) is 22.7 Å². The molecule has 4 saturated carbocycles. The SMILES string of the molecule is C=C(CC12CC3CC(CC(O)(C3)C1)C2)C(C)(C)CC. The Hall–Kier alpha value is -0.300. The predicted molar refractivity (Wildman–Crippen MR) is 79.9 cm³/mol. The first-order valence-corrected chi connectivity index (χ1v) is 8.17. The average molecular weight is 262 g/mol. The number of rotatable bonds is 4. The predicted octanol–water partition coefficient (Wildman–Crippen LogP) is 4.70. The number of aliphatic hydroxyl groups is 1. The van der Waals surface area contributed by atoms with Gasteiger partial charge in [-0.25, -0.2) is 0 Å². The van der Waals surface area contributed by atoms with Crippen LogP contribution in [0.15, 0.2) is 12.2 Å².